The quantitative estimate of drug-likeness (QED) is 0.804. The molecule has 0 aromatic heterocycles. The number of rotatable bonds is 3. The summed E-state index contributed by atoms with van der Waals surface area (Å²) in [5, 5.41) is 0. The fraction of sp³-hybridized carbons (Fsp3) is 0.400. The van der Waals surface area contributed by atoms with Gasteiger partial charge in [-0.05, 0) is 30.0 Å². The van der Waals surface area contributed by atoms with E-state index in [2.05, 4.69) is 0 Å². The van der Waals surface area contributed by atoms with Gasteiger partial charge in [-0.1, -0.05) is 19.9 Å². The molecule has 5 heteroatoms. The van der Waals surface area contributed by atoms with Gasteiger partial charge in [0.25, 0.3) is 10.1 Å². The third-order valence-electron chi connectivity index (χ3n) is 1.97. The monoisotopic (exact) mass is 228 g/mol. The molecule has 0 saturated carbocycles. The Morgan fingerprint density at radius 1 is 1.40 bits per heavy atom. The third kappa shape index (κ3) is 3.21. The van der Waals surface area contributed by atoms with Crippen molar-refractivity contribution in [2.24, 2.45) is 5.92 Å². The minimum Gasteiger partial charge on any atom is -0.301 e. The maximum absolute atomic E-state index is 11.1. The van der Waals surface area contributed by atoms with E-state index in [1.807, 2.05) is 13.8 Å². The third-order valence-corrected chi connectivity index (χ3v) is 2.91. The maximum Gasteiger partial charge on any atom is 0.294 e. The molecule has 2 N–H and O–H groups in total. The second kappa shape index (κ2) is 4.20. The van der Waals surface area contributed by atoms with Crippen molar-refractivity contribution in [3.05, 3.63) is 23.8 Å². The summed E-state index contributed by atoms with van der Waals surface area (Å²) in [7, 11) is -4.22. The van der Waals surface area contributed by atoms with Crippen LogP contribution in [-0.4, -0.2) is 13.0 Å². The minimum atomic E-state index is -4.22. The number of benzene rings is 1. The van der Waals surface area contributed by atoms with Crippen molar-refractivity contribution >= 4 is 15.8 Å². The molecular weight excluding hydrogens is 214 g/mol. The molecule has 1 radical (unpaired) electrons. The average Bonchev–Trinajstić information content (AvgIpc) is 2.05. The largest absolute Gasteiger partial charge is 0.301 e. The molecule has 0 saturated heterocycles. The van der Waals surface area contributed by atoms with Crippen LogP contribution < -0.4 is 5.73 Å². The van der Waals surface area contributed by atoms with Crippen molar-refractivity contribution in [3.8, 4) is 0 Å². The van der Waals surface area contributed by atoms with Gasteiger partial charge in [-0.25, -0.2) is 0 Å². The first kappa shape index (κ1) is 12.0. The van der Waals surface area contributed by atoms with E-state index in [9.17, 15) is 8.42 Å². The lowest BCUT2D eigenvalue weighted by molar-refractivity contribution is 0.481. The van der Waals surface area contributed by atoms with Crippen LogP contribution in [0.5, 0.6) is 0 Å². The molecule has 0 aliphatic carbocycles. The highest BCUT2D eigenvalue weighted by Gasteiger charge is 2.16. The lowest BCUT2D eigenvalue weighted by atomic mass is 10.0. The van der Waals surface area contributed by atoms with Gasteiger partial charge in [-0.3, -0.25) is 4.55 Å². The van der Waals surface area contributed by atoms with Crippen molar-refractivity contribution in [2.75, 3.05) is 0 Å². The van der Waals surface area contributed by atoms with Gasteiger partial charge in [0.05, 0.1) is 10.6 Å². The maximum atomic E-state index is 11.1. The molecule has 0 heterocycles. The van der Waals surface area contributed by atoms with Crippen molar-refractivity contribution in [1.82, 2.24) is 5.73 Å². The van der Waals surface area contributed by atoms with Gasteiger partial charge < -0.3 is 5.73 Å². The summed E-state index contributed by atoms with van der Waals surface area (Å²) in [6.07, 6.45) is 0.565. The van der Waals surface area contributed by atoms with Crippen LogP contribution in [0.1, 0.15) is 19.4 Å². The Morgan fingerprint density at radius 2 is 2.00 bits per heavy atom. The van der Waals surface area contributed by atoms with E-state index in [-0.39, 0.29) is 10.6 Å². The van der Waals surface area contributed by atoms with Crippen molar-refractivity contribution in [1.29, 1.82) is 0 Å². The molecule has 0 atom stereocenters. The normalized spacial score (nSPS) is 12.0. The molecule has 83 valence electrons. The molecule has 0 fully saturated rings. The summed E-state index contributed by atoms with van der Waals surface area (Å²) >= 11 is 0. The fourth-order valence-corrected chi connectivity index (χ4v) is 2.16. The van der Waals surface area contributed by atoms with Crippen LogP contribution in [0.15, 0.2) is 23.1 Å². The first-order chi connectivity index (χ1) is 6.80. The minimum absolute atomic E-state index is 0.0788. The molecule has 0 unspecified atom stereocenters. The second-order valence-electron chi connectivity index (χ2n) is 3.90. The molecule has 0 aliphatic heterocycles. The van der Waals surface area contributed by atoms with E-state index in [1.54, 1.807) is 6.07 Å². The lowest BCUT2D eigenvalue weighted by Crippen LogP contribution is -2.05. The summed E-state index contributed by atoms with van der Waals surface area (Å²) in [5.74, 6) is 0.294. The fourth-order valence-electron chi connectivity index (χ4n) is 1.40. The molecule has 1 aromatic rings. The topological polar surface area (TPSA) is 78.2 Å². The van der Waals surface area contributed by atoms with Gasteiger partial charge in [0.15, 0.2) is 0 Å². The Balaban J connectivity index is 3.27. The zero-order chi connectivity index (χ0) is 11.6. The Bertz CT molecular complexity index is 452. The Morgan fingerprint density at radius 3 is 2.47 bits per heavy atom. The number of hydrogen-bond donors (Lipinski definition) is 1. The first-order valence-corrected chi connectivity index (χ1v) is 6.06. The Kier molecular flexibility index (Phi) is 3.36. The van der Waals surface area contributed by atoms with Gasteiger partial charge in [-0.15, -0.1) is 0 Å². The van der Waals surface area contributed by atoms with Crippen LogP contribution in [0, 0.1) is 5.92 Å². The van der Waals surface area contributed by atoms with Crippen molar-refractivity contribution < 1.29 is 13.0 Å². The van der Waals surface area contributed by atoms with Gasteiger partial charge >= 0.3 is 0 Å². The highest BCUT2D eigenvalue weighted by molar-refractivity contribution is 7.85. The molecule has 15 heavy (non-hydrogen) atoms. The average molecular weight is 228 g/mol. The molecule has 1 rings (SSSR count). The van der Waals surface area contributed by atoms with Gasteiger partial charge in [0.1, 0.15) is 0 Å². The summed E-state index contributed by atoms with van der Waals surface area (Å²) in [6.45, 7) is 3.92. The summed E-state index contributed by atoms with van der Waals surface area (Å²) in [4.78, 5) is -0.149. The summed E-state index contributed by atoms with van der Waals surface area (Å²) < 4.78 is 31.1. The van der Waals surface area contributed by atoms with Gasteiger partial charge in [-0.2, -0.15) is 8.42 Å². The summed E-state index contributed by atoms with van der Waals surface area (Å²) in [5.41, 5.74) is 7.96. The van der Waals surface area contributed by atoms with E-state index < -0.39 is 10.1 Å². The number of hydrogen-bond acceptors (Lipinski definition) is 2. The molecule has 1 aromatic carbocycles. The van der Waals surface area contributed by atoms with E-state index in [4.69, 9.17) is 10.3 Å². The van der Waals surface area contributed by atoms with E-state index in [0.29, 0.717) is 17.9 Å². The standard InChI is InChI=1S/C10H14NO3S/c1-7(2)5-8-3-4-9(11)6-10(8)15(12,13)14/h3-4,6-7,11H,5H2,1-2H3,(H,12,13,14). The van der Waals surface area contributed by atoms with Crippen LogP contribution >= 0.6 is 0 Å². The van der Waals surface area contributed by atoms with Crippen LogP contribution in [0.3, 0.4) is 0 Å². The molecular formula is C10H14NO3S. The molecule has 0 spiro atoms. The van der Waals surface area contributed by atoms with E-state index in [1.165, 1.54) is 12.1 Å². The van der Waals surface area contributed by atoms with Crippen LogP contribution in [0.2, 0.25) is 0 Å². The highest BCUT2D eigenvalue weighted by Crippen LogP contribution is 2.22. The van der Waals surface area contributed by atoms with E-state index >= 15 is 0 Å². The van der Waals surface area contributed by atoms with E-state index in [0.717, 1.165) is 0 Å². The molecule has 0 aliphatic rings. The zero-order valence-electron chi connectivity index (χ0n) is 8.69. The Hall–Kier alpha value is -1.07. The van der Waals surface area contributed by atoms with Crippen molar-refractivity contribution in [2.45, 2.75) is 25.2 Å². The Labute approximate surface area is 89.9 Å². The van der Waals surface area contributed by atoms with Crippen LogP contribution in [0.4, 0.5) is 5.69 Å². The second-order valence-corrected chi connectivity index (χ2v) is 5.29. The van der Waals surface area contributed by atoms with Gasteiger partial charge in [0.2, 0.25) is 0 Å². The highest BCUT2D eigenvalue weighted by atomic mass is 32.2. The van der Waals surface area contributed by atoms with Crippen molar-refractivity contribution in [3.63, 3.8) is 0 Å². The SMILES string of the molecule is CC(C)Cc1ccc([NH])cc1S(=O)(=O)O. The van der Waals surface area contributed by atoms with Crippen LogP contribution in [0.25, 0.3) is 0 Å². The summed E-state index contributed by atoms with van der Waals surface area (Å²) in [6, 6.07) is 4.27. The predicted octanol–water partition coefficient (Wildman–Crippen LogP) is 2.05. The predicted molar refractivity (Wildman–Crippen MR) is 57.6 cm³/mol. The first-order valence-electron chi connectivity index (χ1n) is 4.62. The van der Waals surface area contributed by atoms with Crippen LogP contribution in [-0.2, 0) is 16.5 Å². The lowest BCUT2D eigenvalue weighted by Gasteiger charge is -2.09. The molecule has 4 nitrogen and oxygen atoms in total. The van der Waals surface area contributed by atoms with Gasteiger partial charge in [0, 0.05) is 0 Å². The smallest absolute Gasteiger partial charge is 0.294 e. The zero-order valence-corrected chi connectivity index (χ0v) is 9.50. The number of nitrogens with one attached hydrogen (secondary N) is 1. The molecule has 0 amide bonds. The molecule has 0 bridgehead atoms.